The molecule has 0 radical (unpaired) electrons. The number of amides is 1. The number of methoxy groups -OCH3 is 1. The van der Waals surface area contributed by atoms with Crippen LogP contribution in [0.4, 0.5) is 4.79 Å². The molecule has 0 aliphatic carbocycles. The molecule has 1 unspecified atom stereocenters. The van der Waals surface area contributed by atoms with Crippen molar-refractivity contribution in [3.8, 4) is 0 Å². The summed E-state index contributed by atoms with van der Waals surface area (Å²) in [5.74, 6) is 0.321. The van der Waals surface area contributed by atoms with Gasteiger partial charge in [-0.2, -0.15) is 0 Å². The Bertz CT molecular complexity index is 536. The number of carbonyl (C=O) groups is 2. The second kappa shape index (κ2) is 7.89. The third kappa shape index (κ3) is 6.21. The minimum atomic E-state index is -0.834. The lowest BCUT2D eigenvalue weighted by atomic mass is 10.2. The third-order valence-electron chi connectivity index (χ3n) is 2.88. The predicted molar refractivity (Wildman–Crippen MR) is 81.7 cm³/mol. The Morgan fingerprint density at radius 1 is 1.30 bits per heavy atom. The number of esters is 1. The SMILES string of the molecule is COC(=O)C(CCn1nnnc1C(C)C)NC(=O)OC(C)(C)C. The van der Waals surface area contributed by atoms with Crippen molar-refractivity contribution in [3.63, 3.8) is 0 Å². The zero-order chi connectivity index (χ0) is 17.6. The van der Waals surface area contributed by atoms with Crippen LogP contribution >= 0.6 is 0 Å². The van der Waals surface area contributed by atoms with Crippen LogP contribution in [0.25, 0.3) is 0 Å². The van der Waals surface area contributed by atoms with Gasteiger partial charge in [0.2, 0.25) is 0 Å². The molecule has 1 N–H and O–H groups in total. The summed E-state index contributed by atoms with van der Waals surface area (Å²) < 4.78 is 11.5. The quantitative estimate of drug-likeness (QED) is 0.783. The summed E-state index contributed by atoms with van der Waals surface area (Å²) >= 11 is 0. The normalized spacial score (nSPS) is 12.8. The van der Waals surface area contributed by atoms with Gasteiger partial charge in [0.25, 0.3) is 0 Å². The Labute approximate surface area is 135 Å². The van der Waals surface area contributed by atoms with Gasteiger partial charge in [-0.3, -0.25) is 0 Å². The van der Waals surface area contributed by atoms with Gasteiger partial charge in [0.05, 0.1) is 7.11 Å². The average molecular weight is 327 g/mol. The zero-order valence-corrected chi connectivity index (χ0v) is 14.5. The van der Waals surface area contributed by atoms with Gasteiger partial charge in [0.1, 0.15) is 11.6 Å². The van der Waals surface area contributed by atoms with E-state index in [0.717, 1.165) is 0 Å². The number of alkyl carbamates (subject to hydrolysis) is 1. The Morgan fingerprint density at radius 2 is 1.96 bits per heavy atom. The van der Waals surface area contributed by atoms with Crippen molar-refractivity contribution in [1.82, 2.24) is 25.5 Å². The molecule has 0 aromatic carbocycles. The van der Waals surface area contributed by atoms with Crippen molar-refractivity contribution < 1.29 is 19.1 Å². The van der Waals surface area contributed by atoms with Crippen molar-refractivity contribution >= 4 is 12.1 Å². The van der Waals surface area contributed by atoms with E-state index in [1.165, 1.54) is 7.11 Å². The third-order valence-corrected chi connectivity index (χ3v) is 2.88. The number of tetrazole rings is 1. The summed E-state index contributed by atoms with van der Waals surface area (Å²) in [4.78, 5) is 23.7. The zero-order valence-electron chi connectivity index (χ0n) is 14.5. The van der Waals surface area contributed by atoms with Crippen LogP contribution in [0.2, 0.25) is 0 Å². The van der Waals surface area contributed by atoms with Gasteiger partial charge in [0, 0.05) is 12.5 Å². The molecule has 1 rings (SSSR count). The Kier molecular flexibility index (Phi) is 6.47. The summed E-state index contributed by atoms with van der Waals surface area (Å²) in [6, 6.07) is -0.834. The topological polar surface area (TPSA) is 108 Å². The number of aryl methyl sites for hydroxylation is 1. The van der Waals surface area contributed by atoms with E-state index < -0.39 is 23.7 Å². The van der Waals surface area contributed by atoms with E-state index in [4.69, 9.17) is 9.47 Å². The smallest absolute Gasteiger partial charge is 0.408 e. The molecule has 9 nitrogen and oxygen atoms in total. The van der Waals surface area contributed by atoms with Crippen molar-refractivity contribution in [2.24, 2.45) is 0 Å². The number of hydrogen-bond donors (Lipinski definition) is 1. The largest absolute Gasteiger partial charge is 0.467 e. The van der Waals surface area contributed by atoms with Crippen LogP contribution in [0.3, 0.4) is 0 Å². The standard InChI is InChI=1S/C14H25N5O4/c1-9(2)11-16-17-18-19(11)8-7-10(12(20)22-6)15-13(21)23-14(3,4)5/h9-10H,7-8H2,1-6H3,(H,15,21). The molecule has 1 amide bonds. The molecule has 1 heterocycles. The minimum Gasteiger partial charge on any atom is -0.467 e. The summed E-state index contributed by atoms with van der Waals surface area (Å²) in [5.41, 5.74) is -0.647. The average Bonchev–Trinajstić information content (AvgIpc) is 2.89. The molecule has 1 atom stereocenters. The molecule has 0 spiro atoms. The lowest BCUT2D eigenvalue weighted by Crippen LogP contribution is -2.44. The molecule has 1 aromatic rings. The van der Waals surface area contributed by atoms with Gasteiger partial charge in [-0.05, 0) is 37.6 Å². The van der Waals surface area contributed by atoms with E-state index >= 15 is 0 Å². The number of carbonyl (C=O) groups excluding carboxylic acids is 2. The van der Waals surface area contributed by atoms with Gasteiger partial charge in [-0.25, -0.2) is 14.3 Å². The highest BCUT2D eigenvalue weighted by Crippen LogP contribution is 2.11. The van der Waals surface area contributed by atoms with Crippen LogP contribution in [0.5, 0.6) is 0 Å². The highest BCUT2D eigenvalue weighted by Gasteiger charge is 2.25. The second-order valence-corrected chi connectivity index (χ2v) is 6.43. The molecule has 0 saturated heterocycles. The molecule has 130 valence electrons. The molecular formula is C14H25N5O4. The van der Waals surface area contributed by atoms with Gasteiger partial charge in [-0.1, -0.05) is 13.8 Å². The highest BCUT2D eigenvalue weighted by atomic mass is 16.6. The maximum atomic E-state index is 11.8. The highest BCUT2D eigenvalue weighted by molar-refractivity contribution is 5.81. The van der Waals surface area contributed by atoms with E-state index in [9.17, 15) is 9.59 Å². The summed E-state index contributed by atoms with van der Waals surface area (Å²) in [6.07, 6.45) is -0.384. The number of hydrogen-bond acceptors (Lipinski definition) is 7. The molecule has 0 aliphatic rings. The fourth-order valence-corrected chi connectivity index (χ4v) is 1.88. The molecule has 0 bridgehead atoms. The predicted octanol–water partition coefficient (Wildman–Crippen LogP) is 1.25. The number of nitrogens with zero attached hydrogens (tertiary/aromatic N) is 4. The number of nitrogens with one attached hydrogen (secondary N) is 1. The van der Waals surface area contributed by atoms with Crippen molar-refractivity contribution in [3.05, 3.63) is 5.82 Å². The fraction of sp³-hybridized carbons (Fsp3) is 0.786. The lowest BCUT2D eigenvalue weighted by Gasteiger charge is -2.22. The van der Waals surface area contributed by atoms with Gasteiger partial charge >= 0.3 is 12.1 Å². The van der Waals surface area contributed by atoms with Gasteiger partial charge in [0.15, 0.2) is 5.82 Å². The second-order valence-electron chi connectivity index (χ2n) is 6.43. The Balaban J connectivity index is 2.70. The van der Waals surface area contributed by atoms with Crippen LogP contribution in [0.1, 0.15) is 52.8 Å². The maximum absolute atomic E-state index is 11.8. The molecule has 0 saturated carbocycles. The van der Waals surface area contributed by atoms with Crippen molar-refractivity contribution in [1.29, 1.82) is 0 Å². The molecule has 0 fully saturated rings. The Morgan fingerprint density at radius 3 is 2.48 bits per heavy atom. The first kappa shape index (κ1) is 18.9. The first-order chi connectivity index (χ1) is 10.6. The summed E-state index contributed by atoms with van der Waals surface area (Å²) in [7, 11) is 1.27. The number of aromatic nitrogens is 4. The van der Waals surface area contributed by atoms with Crippen LogP contribution in [-0.4, -0.2) is 51.0 Å². The number of rotatable bonds is 6. The molecule has 9 heteroatoms. The first-order valence-electron chi connectivity index (χ1n) is 7.47. The van der Waals surface area contributed by atoms with Crippen LogP contribution in [0, 0.1) is 0 Å². The monoisotopic (exact) mass is 327 g/mol. The first-order valence-corrected chi connectivity index (χ1v) is 7.47. The van der Waals surface area contributed by atoms with Crippen LogP contribution < -0.4 is 5.32 Å². The fourth-order valence-electron chi connectivity index (χ4n) is 1.88. The van der Waals surface area contributed by atoms with E-state index in [-0.39, 0.29) is 12.3 Å². The number of ether oxygens (including phenoxy) is 2. The molecular weight excluding hydrogens is 302 g/mol. The van der Waals surface area contributed by atoms with Gasteiger partial charge in [-0.15, -0.1) is 5.10 Å². The van der Waals surface area contributed by atoms with Crippen LogP contribution in [0.15, 0.2) is 0 Å². The molecule has 1 aromatic heterocycles. The summed E-state index contributed by atoms with van der Waals surface area (Å²) in [5, 5.41) is 14.0. The molecule has 23 heavy (non-hydrogen) atoms. The van der Waals surface area contributed by atoms with E-state index in [1.54, 1.807) is 25.5 Å². The molecule has 0 aliphatic heterocycles. The minimum absolute atomic E-state index is 0.153. The maximum Gasteiger partial charge on any atom is 0.408 e. The van der Waals surface area contributed by atoms with Crippen molar-refractivity contribution in [2.45, 2.75) is 65.1 Å². The van der Waals surface area contributed by atoms with E-state index in [2.05, 4.69) is 20.8 Å². The summed E-state index contributed by atoms with van der Waals surface area (Å²) in [6.45, 7) is 9.55. The van der Waals surface area contributed by atoms with Crippen LogP contribution in [-0.2, 0) is 20.8 Å². The van der Waals surface area contributed by atoms with E-state index in [0.29, 0.717) is 12.4 Å². The lowest BCUT2D eigenvalue weighted by molar-refractivity contribution is -0.143. The van der Waals surface area contributed by atoms with Gasteiger partial charge < -0.3 is 14.8 Å². The van der Waals surface area contributed by atoms with Crippen molar-refractivity contribution in [2.75, 3.05) is 7.11 Å². The Hall–Kier alpha value is -2.19. The van der Waals surface area contributed by atoms with E-state index in [1.807, 2.05) is 13.8 Å².